The van der Waals surface area contributed by atoms with Crippen molar-refractivity contribution in [2.75, 3.05) is 11.5 Å². The summed E-state index contributed by atoms with van der Waals surface area (Å²) >= 11 is 0. The molecule has 0 fully saturated rings. The summed E-state index contributed by atoms with van der Waals surface area (Å²) in [6.45, 7) is 4.03. The standard InChI is InChI=1S/C11H17NOS/c1-3-4-8-14(13)10-7-5-6-9(2)11(10)12/h5-7H,3-4,8,12H2,1-2H3. The molecule has 78 valence electrons. The van der Waals surface area contributed by atoms with Crippen molar-refractivity contribution in [2.24, 2.45) is 0 Å². The highest BCUT2D eigenvalue weighted by atomic mass is 32.2. The Morgan fingerprint density at radius 3 is 2.79 bits per heavy atom. The molecule has 0 spiro atoms. The number of hydrogen-bond donors (Lipinski definition) is 1. The summed E-state index contributed by atoms with van der Waals surface area (Å²) in [4.78, 5) is 0.790. The molecule has 1 atom stereocenters. The van der Waals surface area contributed by atoms with E-state index in [-0.39, 0.29) is 0 Å². The second-order valence-corrected chi connectivity index (χ2v) is 4.93. The summed E-state index contributed by atoms with van der Waals surface area (Å²) in [5.74, 6) is 0.712. The molecule has 3 heteroatoms. The average molecular weight is 211 g/mol. The van der Waals surface area contributed by atoms with E-state index in [0.29, 0.717) is 11.4 Å². The van der Waals surface area contributed by atoms with Gasteiger partial charge in [0.25, 0.3) is 0 Å². The summed E-state index contributed by atoms with van der Waals surface area (Å²) in [6, 6.07) is 5.70. The van der Waals surface area contributed by atoms with Crippen LogP contribution >= 0.6 is 0 Å². The molecule has 0 radical (unpaired) electrons. The Bertz CT molecular complexity index is 336. The fourth-order valence-corrected chi connectivity index (χ4v) is 2.65. The van der Waals surface area contributed by atoms with Crippen molar-refractivity contribution in [1.82, 2.24) is 0 Å². The molecule has 1 aromatic carbocycles. The van der Waals surface area contributed by atoms with E-state index in [1.54, 1.807) is 0 Å². The summed E-state index contributed by atoms with van der Waals surface area (Å²) in [6.07, 6.45) is 2.05. The number of unbranched alkanes of at least 4 members (excludes halogenated alkanes) is 1. The van der Waals surface area contributed by atoms with Gasteiger partial charge in [0.15, 0.2) is 0 Å². The summed E-state index contributed by atoms with van der Waals surface area (Å²) in [5.41, 5.74) is 7.55. The third-order valence-corrected chi connectivity index (χ3v) is 3.72. The number of rotatable bonds is 4. The van der Waals surface area contributed by atoms with Crippen LogP contribution in [-0.2, 0) is 10.8 Å². The van der Waals surface area contributed by atoms with Crippen LogP contribution in [0.25, 0.3) is 0 Å². The molecule has 1 rings (SSSR count). The zero-order valence-corrected chi connectivity index (χ0v) is 9.56. The minimum absolute atomic E-state index is 0.682. The van der Waals surface area contributed by atoms with Crippen LogP contribution in [0, 0.1) is 6.92 Å². The zero-order chi connectivity index (χ0) is 10.6. The minimum Gasteiger partial charge on any atom is -0.398 e. The van der Waals surface area contributed by atoms with E-state index in [1.807, 2.05) is 25.1 Å². The molecule has 0 aliphatic carbocycles. The van der Waals surface area contributed by atoms with Crippen molar-refractivity contribution in [3.05, 3.63) is 23.8 Å². The Labute approximate surface area is 88.0 Å². The van der Waals surface area contributed by atoms with Gasteiger partial charge in [-0.15, -0.1) is 0 Å². The number of nitrogen functional groups attached to an aromatic ring is 1. The van der Waals surface area contributed by atoms with Crippen LogP contribution in [0.1, 0.15) is 25.3 Å². The molecule has 0 saturated heterocycles. The largest absolute Gasteiger partial charge is 0.398 e. The first-order valence-electron chi connectivity index (χ1n) is 4.90. The third-order valence-electron chi connectivity index (χ3n) is 2.21. The van der Waals surface area contributed by atoms with E-state index in [1.165, 1.54) is 0 Å². The van der Waals surface area contributed by atoms with E-state index in [4.69, 9.17) is 5.73 Å². The van der Waals surface area contributed by atoms with E-state index in [9.17, 15) is 4.21 Å². The molecule has 1 aromatic rings. The fraction of sp³-hybridized carbons (Fsp3) is 0.455. The number of aryl methyl sites for hydroxylation is 1. The number of anilines is 1. The Morgan fingerprint density at radius 1 is 1.43 bits per heavy atom. The van der Waals surface area contributed by atoms with Crippen LogP contribution in [0.3, 0.4) is 0 Å². The van der Waals surface area contributed by atoms with Crippen LogP contribution in [0.5, 0.6) is 0 Å². The van der Waals surface area contributed by atoms with Gasteiger partial charge in [-0.25, -0.2) is 0 Å². The van der Waals surface area contributed by atoms with Crippen LogP contribution in [-0.4, -0.2) is 9.96 Å². The summed E-state index contributed by atoms with van der Waals surface area (Å²) in [7, 11) is -0.930. The lowest BCUT2D eigenvalue weighted by Gasteiger charge is -2.07. The van der Waals surface area contributed by atoms with Gasteiger partial charge in [0.2, 0.25) is 0 Å². The second kappa shape index (κ2) is 5.15. The molecule has 2 N–H and O–H groups in total. The molecule has 0 aliphatic heterocycles. The minimum atomic E-state index is -0.930. The number of benzene rings is 1. The maximum Gasteiger partial charge on any atom is 0.0620 e. The molecule has 0 heterocycles. The van der Waals surface area contributed by atoms with Gasteiger partial charge in [0.05, 0.1) is 21.4 Å². The molecule has 2 nitrogen and oxygen atoms in total. The predicted octanol–water partition coefficient (Wildman–Crippen LogP) is 2.48. The highest BCUT2D eigenvalue weighted by Gasteiger charge is 2.08. The summed E-state index contributed by atoms with van der Waals surface area (Å²) in [5, 5.41) is 0. The van der Waals surface area contributed by atoms with E-state index >= 15 is 0 Å². The normalized spacial score (nSPS) is 12.7. The topological polar surface area (TPSA) is 43.1 Å². The molecular weight excluding hydrogens is 194 g/mol. The Kier molecular flexibility index (Phi) is 4.14. The second-order valence-electron chi connectivity index (χ2n) is 3.39. The van der Waals surface area contributed by atoms with Crippen molar-refractivity contribution in [3.8, 4) is 0 Å². The van der Waals surface area contributed by atoms with Crippen LogP contribution in [0.15, 0.2) is 23.1 Å². The van der Waals surface area contributed by atoms with Gasteiger partial charge in [-0.1, -0.05) is 25.5 Å². The predicted molar refractivity (Wildman–Crippen MR) is 61.8 cm³/mol. The van der Waals surface area contributed by atoms with Crippen LogP contribution in [0.4, 0.5) is 5.69 Å². The van der Waals surface area contributed by atoms with Crippen molar-refractivity contribution < 1.29 is 4.21 Å². The molecule has 0 aromatic heterocycles. The molecule has 1 unspecified atom stereocenters. The molecule has 0 aliphatic rings. The molecular formula is C11H17NOS. The highest BCUT2D eigenvalue weighted by Crippen LogP contribution is 2.20. The van der Waals surface area contributed by atoms with Gasteiger partial charge in [0.1, 0.15) is 0 Å². The molecule has 14 heavy (non-hydrogen) atoms. The lowest BCUT2D eigenvalue weighted by molar-refractivity contribution is 0.680. The number of hydrogen-bond acceptors (Lipinski definition) is 2. The Morgan fingerprint density at radius 2 is 2.14 bits per heavy atom. The third kappa shape index (κ3) is 2.58. The first-order chi connectivity index (χ1) is 6.66. The van der Waals surface area contributed by atoms with Gasteiger partial charge in [-0.3, -0.25) is 4.21 Å². The quantitative estimate of drug-likeness (QED) is 0.777. The first kappa shape index (κ1) is 11.2. The Balaban J connectivity index is 2.84. The van der Waals surface area contributed by atoms with E-state index < -0.39 is 10.8 Å². The average Bonchev–Trinajstić information content (AvgIpc) is 2.18. The van der Waals surface area contributed by atoms with Crippen molar-refractivity contribution in [1.29, 1.82) is 0 Å². The molecule has 0 amide bonds. The zero-order valence-electron chi connectivity index (χ0n) is 8.75. The van der Waals surface area contributed by atoms with Crippen LogP contribution < -0.4 is 5.73 Å². The lowest BCUT2D eigenvalue weighted by Crippen LogP contribution is -2.03. The molecule has 0 bridgehead atoms. The number of para-hydroxylation sites is 1. The van der Waals surface area contributed by atoms with Gasteiger partial charge < -0.3 is 5.73 Å². The lowest BCUT2D eigenvalue weighted by atomic mass is 10.2. The van der Waals surface area contributed by atoms with E-state index in [2.05, 4.69) is 6.92 Å². The molecule has 0 saturated carbocycles. The van der Waals surface area contributed by atoms with Crippen molar-refractivity contribution in [3.63, 3.8) is 0 Å². The summed E-state index contributed by atoms with van der Waals surface area (Å²) < 4.78 is 11.8. The SMILES string of the molecule is CCCCS(=O)c1cccc(C)c1N. The monoisotopic (exact) mass is 211 g/mol. The van der Waals surface area contributed by atoms with Gasteiger partial charge in [-0.05, 0) is 25.0 Å². The maximum absolute atomic E-state index is 11.8. The first-order valence-corrected chi connectivity index (χ1v) is 6.22. The van der Waals surface area contributed by atoms with Gasteiger partial charge in [0, 0.05) is 5.75 Å². The van der Waals surface area contributed by atoms with Crippen LogP contribution in [0.2, 0.25) is 0 Å². The number of nitrogens with two attached hydrogens (primary N) is 1. The van der Waals surface area contributed by atoms with Crippen molar-refractivity contribution >= 4 is 16.5 Å². The van der Waals surface area contributed by atoms with Gasteiger partial charge >= 0.3 is 0 Å². The Hall–Kier alpha value is -0.830. The van der Waals surface area contributed by atoms with Crippen molar-refractivity contribution in [2.45, 2.75) is 31.6 Å². The van der Waals surface area contributed by atoms with Gasteiger partial charge in [-0.2, -0.15) is 0 Å². The smallest absolute Gasteiger partial charge is 0.0620 e. The fourth-order valence-electron chi connectivity index (χ4n) is 1.24. The highest BCUT2D eigenvalue weighted by molar-refractivity contribution is 7.85. The van der Waals surface area contributed by atoms with E-state index in [0.717, 1.165) is 23.3 Å². The maximum atomic E-state index is 11.8.